The lowest BCUT2D eigenvalue weighted by Gasteiger charge is -2.26. The SMILES string of the molecule is CCn1c(CN2CCOCC2)cc2c(CN)cccc21. The van der Waals surface area contributed by atoms with Crippen LogP contribution in [0.25, 0.3) is 10.9 Å². The van der Waals surface area contributed by atoms with Gasteiger partial charge in [-0.05, 0) is 24.6 Å². The highest BCUT2D eigenvalue weighted by Crippen LogP contribution is 2.24. The van der Waals surface area contributed by atoms with Crippen LogP contribution in [0, 0.1) is 0 Å². The average molecular weight is 273 g/mol. The maximum atomic E-state index is 5.86. The zero-order chi connectivity index (χ0) is 13.9. The molecule has 4 nitrogen and oxygen atoms in total. The number of hydrogen-bond donors (Lipinski definition) is 1. The van der Waals surface area contributed by atoms with Crippen LogP contribution < -0.4 is 5.73 Å². The monoisotopic (exact) mass is 273 g/mol. The summed E-state index contributed by atoms with van der Waals surface area (Å²) in [5.41, 5.74) is 9.78. The summed E-state index contributed by atoms with van der Waals surface area (Å²) < 4.78 is 7.83. The Morgan fingerprint density at radius 1 is 1.25 bits per heavy atom. The van der Waals surface area contributed by atoms with Gasteiger partial charge < -0.3 is 15.0 Å². The molecule has 0 saturated carbocycles. The molecule has 0 radical (unpaired) electrons. The van der Waals surface area contributed by atoms with E-state index in [0.717, 1.165) is 39.4 Å². The van der Waals surface area contributed by atoms with Gasteiger partial charge in [-0.3, -0.25) is 4.90 Å². The average Bonchev–Trinajstić information content (AvgIpc) is 2.85. The van der Waals surface area contributed by atoms with Gasteiger partial charge in [0, 0.05) is 49.3 Å². The van der Waals surface area contributed by atoms with Crippen LogP contribution >= 0.6 is 0 Å². The van der Waals surface area contributed by atoms with E-state index in [1.807, 2.05) is 0 Å². The van der Waals surface area contributed by atoms with Crippen LogP contribution in [0.2, 0.25) is 0 Å². The summed E-state index contributed by atoms with van der Waals surface area (Å²) >= 11 is 0. The number of morpholine rings is 1. The standard InChI is InChI=1S/C16H23N3O/c1-2-19-14(12-18-6-8-20-9-7-18)10-15-13(11-17)4-3-5-16(15)19/h3-5,10H,2,6-9,11-12,17H2,1H3. The number of aromatic nitrogens is 1. The van der Waals surface area contributed by atoms with Gasteiger partial charge in [0.2, 0.25) is 0 Å². The summed E-state index contributed by atoms with van der Waals surface area (Å²) in [6.45, 7) is 8.54. The maximum Gasteiger partial charge on any atom is 0.0594 e. The molecular weight excluding hydrogens is 250 g/mol. The summed E-state index contributed by atoms with van der Waals surface area (Å²) in [7, 11) is 0. The van der Waals surface area contributed by atoms with E-state index in [0.29, 0.717) is 6.54 Å². The smallest absolute Gasteiger partial charge is 0.0594 e. The molecule has 4 heteroatoms. The van der Waals surface area contributed by atoms with Crippen molar-refractivity contribution in [2.45, 2.75) is 26.6 Å². The van der Waals surface area contributed by atoms with Crippen molar-refractivity contribution >= 4 is 10.9 Å². The van der Waals surface area contributed by atoms with Crippen LogP contribution in [0.15, 0.2) is 24.3 Å². The molecule has 0 aliphatic carbocycles. The zero-order valence-electron chi connectivity index (χ0n) is 12.1. The molecule has 2 aromatic rings. The highest BCUT2D eigenvalue weighted by Gasteiger charge is 2.15. The van der Waals surface area contributed by atoms with Crippen LogP contribution in [-0.2, 0) is 24.4 Å². The largest absolute Gasteiger partial charge is 0.379 e. The molecule has 1 fully saturated rings. The number of aryl methyl sites for hydroxylation is 1. The Hall–Kier alpha value is -1.36. The second-order valence-corrected chi connectivity index (χ2v) is 5.32. The first kappa shape index (κ1) is 13.6. The number of rotatable bonds is 4. The van der Waals surface area contributed by atoms with Crippen molar-refractivity contribution < 1.29 is 4.74 Å². The van der Waals surface area contributed by atoms with Gasteiger partial charge in [-0.2, -0.15) is 0 Å². The molecule has 1 aliphatic rings. The van der Waals surface area contributed by atoms with E-state index >= 15 is 0 Å². The van der Waals surface area contributed by atoms with Gasteiger partial charge in [-0.25, -0.2) is 0 Å². The molecular formula is C16H23N3O. The lowest BCUT2D eigenvalue weighted by molar-refractivity contribution is 0.0332. The molecule has 2 N–H and O–H groups in total. The highest BCUT2D eigenvalue weighted by atomic mass is 16.5. The van der Waals surface area contributed by atoms with Gasteiger partial charge in [0.05, 0.1) is 13.2 Å². The van der Waals surface area contributed by atoms with E-state index in [4.69, 9.17) is 10.5 Å². The summed E-state index contributed by atoms with van der Waals surface area (Å²) in [5, 5.41) is 1.31. The Morgan fingerprint density at radius 2 is 2.05 bits per heavy atom. The van der Waals surface area contributed by atoms with Crippen LogP contribution in [0.3, 0.4) is 0 Å². The number of ether oxygens (including phenoxy) is 1. The quantitative estimate of drug-likeness (QED) is 0.926. The van der Waals surface area contributed by atoms with Crippen molar-refractivity contribution in [1.29, 1.82) is 0 Å². The summed E-state index contributed by atoms with van der Waals surface area (Å²) in [4.78, 5) is 2.46. The number of nitrogens with zero attached hydrogens (tertiary/aromatic N) is 2. The van der Waals surface area contributed by atoms with Gasteiger partial charge in [-0.15, -0.1) is 0 Å². The first-order valence-corrected chi connectivity index (χ1v) is 7.43. The summed E-state index contributed by atoms with van der Waals surface area (Å²) in [5.74, 6) is 0. The third-order valence-electron chi connectivity index (χ3n) is 4.15. The number of benzene rings is 1. The van der Waals surface area contributed by atoms with E-state index in [-0.39, 0.29) is 0 Å². The van der Waals surface area contributed by atoms with Crippen molar-refractivity contribution in [3.8, 4) is 0 Å². The van der Waals surface area contributed by atoms with Crippen molar-refractivity contribution in [2.24, 2.45) is 5.73 Å². The fraction of sp³-hybridized carbons (Fsp3) is 0.500. The Labute approximate surface area is 120 Å². The van der Waals surface area contributed by atoms with Gasteiger partial charge in [0.25, 0.3) is 0 Å². The molecule has 3 rings (SSSR count). The Morgan fingerprint density at radius 3 is 2.75 bits per heavy atom. The van der Waals surface area contributed by atoms with Gasteiger partial charge in [0.1, 0.15) is 0 Å². The van der Waals surface area contributed by atoms with E-state index in [1.165, 1.54) is 22.2 Å². The van der Waals surface area contributed by atoms with Crippen molar-refractivity contribution in [3.63, 3.8) is 0 Å². The molecule has 1 aromatic carbocycles. The lowest BCUT2D eigenvalue weighted by Crippen LogP contribution is -2.36. The molecule has 0 unspecified atom stereocenters. The van der Waals surface area contributed by atoms with Crippen LogP contribution in [0.4, 0.5) is 0 Å². The van der Waals surface area contributed by atoms with Crippen LogP contribution in [0.5, 0.6) is 0 Å². The van der Waals surface area contributed by atoms with Gasteiger partial charge >= 0.3 is 0 Å². The minimum Gasteiger partial charge on any atom is -0.379 e. The Bertz CT molecular complexity index is 585. The fourth-order valence-corrected chi connectivity index (χ4v) is 3.07. The molecule has 1 saturated heterocycles. The first-order chi connectivity index (χ1) is 9.83. The second kappa shape index (κ2) is 5.95. The van der Waals surface area contributed by atoms with E-state index in [9.17, 15) is 0 Å². The Balaban J connectivity index is 1.97. The maximum absolute atomic E-state index is 5.86. The van der Waals surface area contributed by atoms with E-state index in [1.54, 1.807) is 0 Å². The van der Waals surface area contributed by atoms with Gasteiger partial charge in [-0.1, -0.05) is 12.1 Å². The van der Waals surface area contributed by atoms with Crippen LogP contribution in [0.1, 0.15) is 18.2 Å². The topological polar surface area (TPSA) is 43.4 Å². The predicted molar refractivity (Wildman–Crippen MR) is 81.6 cm³/mol. The zero-order valence-corrected chi connectivity index (χ0v) is 12.1. The second-order valence-electron chi connectivity index (χ2n) is 5.32. The Kier molecular flexibility index (Phi) is 4.05. The highest BCUT2D eigenvalue weighted by molar-refractivity contribution is 5.84. The third-order valence-corrected chi connectivity index (χ3v) is 4.15. The molecule has 0 atom stereocenters. The van der Waals surface area contributed by atoms with Crippen LogP contribution in [-0.4, -0.2) is 35.8 Å². The van der Waals surface area contributed by atoms with E-state index < -0.39 is 0 Å². The molecule has 20 heavy (non-hydrogen) atoms. The van der Waals surface area contributed by atoms with Crippen molar-refractivity contribution in [1.82, 2.24) is 9.47 Å². The molecule has 0 spiro atoms. The minimum atomic E-state index is 0.599. The molecule has 2 heterocycles. The third kappa shape index (κ3) is 2.46. The number of hydrogen-bond acceptors (Lipinski definition) is 3. The molecule has 1 aliphatic heterocycles. The first-order valence-electron chi connectivity index (χ1n) is 7.43. The molecule has 1 aromatic heterocycles. The molecule has 108 valence electrons. The van der Waals surface area contributed by atoms with Crippen molar-refractivity contribution in [2.75, 3.05) is 26.3 Å². The summed E-state index contributed by atoms with van der Waals surface area (Å²) in [6.07, 6.45) is 0. The summed E-state index contributed by atoms with van der Waals surface area (Å²) in [6, 6.07) is 8.74. The number of nitrogens with two attached hydrogens (primary N) is 1. The minimum absolute atomic E-state index is 0.599. The predicted octanol–water partition coefficient (Wildman–Crippen LogP) is 1.95. The normalized spacial score (nSPS) is 16.9. The number of fused-ring (bicyclic) bond motifs is 1. The van der Waals surface area contributed by atoms with Crippen molar-refractivity contribution in [3.05, 3.63) is 35.5 Å². The van der Waals surface area contributed by atoms with E-state index in [2.05, 4.69) is 40.7 Å². The van der Waals surface area contributed by atoms with Gasteiger partial charge in [0.15, 0.2) is 0 Å². The lowest BCUT2D eigenvalue weighted by atomic mass is 10.1. The fourth-order valence-electron chi connectivity index (χ4n) is 3.07. The molecule has 0 bridgehead atoms. The molecule has 0 amide bonds.